The number of anilines is 1. The first-order valence-corrected chi connectivity index (χ1v) is 6.68. The normalized spacial score (nSPS) is 10.3. The Bertz CT molecular complexity index is 699. The van der Waals surface area contributed by atoms with Crippen LogP contribution in [0.15, 0.2) is 12.3 Å². The van der Waals surface area contributed by atoms with Crippen molar-refractivity contribution in [3.8, 4) is 0 Å². The van der Waals surface area contributed by atoms with Crippen molar-refractivity contribution in [1.29, 1.82) is 0 Å². The Hall–Kier alpha value is -1.99. The third kappa shape index (κ3) is 2.78. The monoisotopic (exact) mass is 311 g/mol. The zero-order valence-electron chi connectivity index (χ0n) is 10.6. The van der Waals surface area contributed by atoms with Gasteiger partial charge in [-0.25, -0.2) is 4.79 Å². The van der Waals surface area contributed by atoms with Gasteiger partial charge in [0.2, 0.25) is 0 Å². The van der Waals surface area contributed by atoms with Crippen LogP contribution >= 0.6 is 23.1 Å². The van der Waals surface area contributed by atoms with E-state index in [1.54, 1.807) is 19.9 Å². The number of hydrogen-bond donors (Lipinski definition) is 2. The molecule has 0 aliphatic heterocycles. The maximum Gasteiger partial charge on any atom is 0.340 e. The van der Waals surface area contributed by atoms with Crippen molar-refractivity contribution in [2.45, 2.75) is 13.8 Å². The Kier molecular flexibility index (Phi) is 4.01. The number of carbonyl (C=O) groups is 2. The smallest absolute Gasteiger partial charge is 0.340 e. The average molecular weight is 312 g/mol. The minimum Gasteiger partial charge on any atom is -0.478 e. The summed E-state index contributed by atoms with van der Waals surface area (Å²) >= 11 is 6.88. The van der Waals surface area contributed by atoms with Crippen molar-refractivity contribution in [2.24, 2.45) is 0 Å². The number of carboxylic acids is 1. The molecule has 2 aromatic heterocycles. The quantitative estimate of drug-likeness (QED) is 0.909. The van der Waals surface area contributed by atoms with E-state index in [-0.39, 0.29) is 21.2 Å². The number of carbonyl (C=O) groups excluding carboxylic acids is 1. The van der Waals surface area contributed by atoms with Gasteiger partial charge >= 0.3 is 5.97 Å². The van der Waals surface area contributed by atoms with E-state index in [0.717, 1.165) is 11.5 Å². The van der Waals surface area contributed by atoms with Crippen LogP contribution in [0.25, 0.3) is 0 Å². The molecule has 2 aromatic rings. The lowest BCUT2D eigenvalue weighted by molar-refractivity contribution is 0.0697. The first kappa shape index (κ1) is 14.4. The van der Waals surface area contributed by atoms with E-state index in [2.05, 4.69) is 14.7 Å². The summed E-state index contributed by atoms with van der Waals surface area (Å²) in [5.41, 5.74) is 1.21. The highest BCUT2D eigenvalue weighted by Gasteiger charge is 2.20. The molecule has 0 aliphatic carbocycles. The zero-order valence-corrected chi connectivity index (χ0v) is 12.2. The van der Waals surface area contributed by atoms with Gasteiger partial charge in [-0.1, -0.05) is 11.6 Å². The number of pyridine rings is 1. The predicted molar refractivity (Wildman–Crippen MR) is 75.7 cm³/mol. The summed E-state index contributed by atoms with van der Waals surface area (Å²) in [6.45, 7) is 3.32. The minimum absolute atomic E-state index is 0.0143. The summed E-state index contributed by atoms with van der Waals surface area (Å²) in [6.07, 6.45) is 1.35. The Morgan fingerprint density at radius 3 is 2.70 bits per heavy atom. The lowest BCUT2D eigenvalue weighted by Crippen LogP contribution is -2.14. The maximum atomic E-state index is 12.1. The third-order valence-corrected chi connectivity index (χ3v) is 3.71. The van der Waals surface area contributed by atoms with Gasteiger partial charge in [0.15, 0.2) is 0 Å². The number of amides is 1. The number of nitrogens with one attached hydrogen (secondary N) is 1. The number of aryl methyl sites for hydroxylation is 2. The van der Waals surface area contributed by atoms with Crippen molar-refractivity contribution in [3.05, 3.63) is 39.8 Å². The molecule has 0 radical (unpaired) electrons. The van der Waals surface area contributed by atoms with Crippen molar-refractivity contribution in [1.82, 2.24) is 9.36 Å². The van der Waals surface area contributed by atoms with E-state index in [9.17, 15) is 9.59 Å². The van der Waals surface area contributed by atoms with E-state index in [1.807, 2.05) is 0 Å². The van der Waals surface area contributed by atoms with Crippen LogP contribution in [-0.2, 0) is 0 Å². The molecule has 0 saturated carbocycles. The molecule has 0 aliphatic rings. The van der Waals surface area contributed by atoms with Gasteiger partial charge in [-0.05, 0) is 31.4 Å². The number of nitrogens with zero attached hydrogens (tertiary/aromatic N) is 2. The highest BCUT2D eigenvalue weighted by molar-refractivity contribution is 7.11. The van der Waals surface area contributed by atoms with Crippen LogP contribution in [0.1, 0.15) is 32.1 Å². The summed E-state index contributed by atoms with van der Waals surface area (Å²) in [6, 6.07) is 1.56. The highest BCUT2D eigenvalue weighted by atomic mass is 35.5. The van der Waals surface area contributed by atoms with E-state index < -0.39 is 11.9 Å². The van der Waals surface area contributed by atoms with Gasteiger partial charge in [0.25, 0.3) is 5.91 Å². The minimum atomic E-state index is -1.14. The Morgan fingerprint density at radius 2 is 2.10 bits per heavy atom. The zero-order chi connectivity index (χ0) is 14.9. The largest absolute Gasteiger partial charge is 0.478 e. The Balaban J connectivity index is 2.31. The van der Waals surface area contributed by atoms with Crippen LogP contribution in [0.2, 0.25) is 5.02 Å². The summed E-state index contributed by atoms with van der Waals surface area (Å²) in [5.74, 6) is -1.66. The van der Waals surface area contributed by atoms with Crippen LogP contribution in [0.4, 0.5) is 5.00 Å². The molecule has 2 heterocycles. The van der Waals surface area contributed by atoms with Gasteiger partial charge in [-0.3, -0.25) is 9.78 Å². The molecule has 2 N–H and O–H groups in total. The third-order valence-electron chi connectivity index (χ3n) is 2.54. The van der Waals surface area contributed by atoms with Crippen molar-refractivity contribution in [2.75, 3.05) is 5.32 Å². The highest BCUT2D eigenvalue weighted by Crippen LogP contribution is 2.26. The predicted octanol–water partition coefficient (Wildman–Crippen LogP) is 2.76. The number of aromatic carboxylic acids is 1. The molecule has 8 heteroatoms. The number of aromatic nitrogens is 2. The molecule has 6 nitrogen and oxygen atoms in total. The van der Waals surface area contributed by atoms with E-state index in [1.165, 1.54) is 6.20 Å². The summed E-state index contributed by atoms with van der Waals surface area (Å²) in [7, 11) is 0. The van der Waals surface area contributed by atoms with Gasteiger partial charge < -0.3 is 10.4 Å². The molecule has 0 spiro atoms. The number of rotatable bonds is 3. The van der Waals surface area contributed by atoms with Crippen LogP contribution in [0, 0.1) is 13.8 Å². The number of halogens is 1. The molecule has 1 amide bonds. The van der Waals surface area contributed by atoms with E-state index in [4.69, 9.17) is 16.7 Å². The molecule has 2 rings (SSSR count). The first-order chi connectivity index (χ1) is 9.40. The summed E-state index contributed by atoms with van der Waals surface area (Å²) in [4.78, 5) is 27.2. The van der Waals surface area contributed by atoms with Crippen molar-refractivity contribution < 1.29 is 14.7 Å². The maximum absolute atomic E-state index is 12.1. The van der Waals surface area contributed by atoms with Crippen molar-refractivity contribution in [3.63, 3.8) is 0 Å². The second-order valence-electron chi connectivity index (χ2n) is 4.04. The second kappa shape index (κ2) is 5.56. The Labute approximate surface area is 123 Å². The van der Waals surface area contributed by atoms with Crippen molar-refractivity contribution >= 4 is 40.0 Å². The van der Waals surface area contributed by atoms with Gasteiger partial charge in [-0.2, -0.15) is 4.37 Å². The van der Waals surface area contributed by atoms with Gasteiger partial charge in [0.1, 0.15) is 10.6 Å². The fourth-order valence-electron chi connectivity index (χ4n) is 1.57. The molecule has 0 aromatic carbocycles. The molecule has 20 heavy (non-hydrogen) atoms. The van der Waals surface area contributed by atoms with Gasteiger partial charge in [-0.15, -0.1) is 0 Å². The molecule has 0 unspecified atom stereocenters. The summed E-state index contributed by atoms with van der Waals surface area (Å²) in [5, 5.41) is 12.0. The standard InChI is InChI=1S/C12H10ClN3O3S/c1-5-3-8(13)7(4-14-5)10(17)15-11-9(12(18)19)6(2)16-20-11/h3-4H,1-2H3,(H,15,17)(H,18,19). The second-order valence-corrected chi connectivity index (χ2v) is 5.22. The van der Waals surface area contributed by atoms with E-state index in [0.29, 0.717) is 11.4 Å². The molecule has 0 bridgehead atoms. The molecule has 0 atom stereocenters. The molecule has 104 valence electrons. The van der Waals surface area contributed by atoms with E-state index >= 15 is 0 Å². The molecule has 0 saturated heterocycles. The average Bonchev–Trinajstić information content (AvgIpc) is 2.70. The Morgan fingerprint density at radius 1 is 1.40 bits per heavy atom. The summed E-state index contributed by atoms with van der Waals surface area (Å²) < 4.78 is 3.92. The lowest BCUT2D eigenvalue weighted by atomic mass is 10.2. The molecule has 0 fully saturated rings. The fraction of sp³-hybridized carbons (Fsp3) is 0.167. The SMILES string of the molecule is Cc1cc(Cl)c(C(=O)Nc2snc(C)c2C(=O)O)cn1. The van der Waals surface area contributed by atoms with Crippen LogP contribution in [0.3, 0.4) is 0 Å². The number of carboxylic acid groups (broad SMARTS) is 1. The van der Waals surface area contributed by atoms with Crippen LogP contribution in [-0.4, -0.2) is 26.3 Å². The van der Waals surface area contributed by atoms with Gasteiger partial charge in [0, 0.05) is 11.9 Å². The lowest BCUT2D eigenvalue weighted by Gasteiger charge is -2.05. The van der Waals surface area contributed by atoms with Crippen LogP contribution < -0.4 is 5.32 Å². The fourth-order valence-corrected chi connectivity index (χ4v) is 2.65. The molecular formula is C12H10ClN3O3S. The van der Waals surface area contributed by atoms with Crippen LogP contribution in [0.5, 0.6) is 0 Å². The number of hydrogen-bond acceptors (Lipinski definition) is 5. The molecular weight excluding hydrogens is 302 g/mol. The van der Waals surface area contributed by atoms with Gasteiger partial charge in [0.05, 0.1) is 16.3 Å². The topological polar surface area (TPSA) is 92.2 Å². The first-order valence-electron chi connectivity index (χ1n) is 5.53.